The van der Waals surface area contributed by atoms with Gasteiger partial charge >= 0.3 is 0 Å². The predicted octanol–water partition coefficient (Wildman–Crippen LogP) is 5.23. The van der Waals surface area contributed by atoms with Crippen LogP contribution < -0.4 is 9.47 Å². The molecule has 38 heavy (non-hydrogen) atoms. The SMILES string of the molecule is COc1ccc(C(c2ccc(OC)cc2)N2C(=O)[C@@H](C(C)(OC)OC)[C@@H]2[C@H](C)OCc2ccccc2)cc1. The van der Waals surface area contributed by atoms with Crippen LogP contribution in [0.4, 0.5) is 0 Å². The number of rotatable bonds is 12. The summed E-state index contributed by atoms with van der Waals surface area (Å²) < 4.78 is 28.6. The van der Waals surface area contributed by atoms with Crippen molar-refractivity contribution in [2.24, 2.45) is 5.92 Å². The summed E-state index contributed by atoms with van der Waals surface area (Å²) in [6.45, 7) is 4.24. The van der Waals surface area contributed by atoms with Crippen LogP contribution in [-0.4, -0.2) is 57.2 Å². The van der Waals surface area contributed by atoms with Crippen LogP contribution in [0.5, 0.6) is 11.5 Å². The van der Waals surface area contributed by atoms with Crippen molar-refractivity contribution >= 4 is 5.91 Å². The Morgan fingerprint density at radius 1 is 0.789 bits per heavy atom. The highest BCUT2D eigenvalue weighted by Gasteiger charge is 2.61. The van der Waals surface area contributed by atoms with E-state index >= 15 is 0 Å². The number of benzene rings is 3. The maximum atomic E-state index is 14.0. The van der Waals surface area contributed by atoms with Crippen LogP contribution in [0.1, 0.15) is 36.6 Å². The Hall–Kier alpha value is -3.39. The molecular weight excluding hydrogens is 482 g/mol. The molecule has 0 aromatic heterocycles. The van der Waals surface area contributed by atoms with Crippen LogP contribution in [0.3, 0.4) is 0 Å². The first-order valence-electron chi connectivity index (χ1n) is 12.7. The van der Waals surface area contributed by atoms with E-state index in [0.29, 0.717) is 6.61 Å². The standard InChI is InChI=1S/C31H37NO6/c1-21(38-20-22-10-8-7-9-11-22)28-27(31(2,36-5)37-6)30(33)32(28)29(23-12-16-25(34-3)17-13-23)24-14-18-26(35-4)19-15-24/h7-19,21,27-29H,20H2,1-6H3/t21-,27-,28-/m0/s1. The van der Waals surface area contributed by atoms with Crippen LogP contribution in [0.15, 0.2) is 78.9 Å². The Morgan fingerprint density at radius 3 is 1.74 bits per heavy atom. The largest absolute Gasteiger partial charge is 0.497 e. The van der Waals surface area contributed by atoms with Gasteiger partial charge in [0.25, 0.3) is 0 Å². The lowest BCUT2D eigenvalue weighted by Crippen LogP contribution is -2.72. The minimum Gasteiger partial charge on any atom is -0.497 e. The van der Waals surface area contributed by atoms with Gasteiger partial charge in [0.2, 0.25) is 5.91 Å². The predicted molar refractivity (Wildman–Crippen MR) is 145 cm³/mol. The first-order chi connectivity index (χ1) is 18.4. The van der Waals surface area contributed by atoms with E-state index in [9.17, 15) is 4.79 Å². The molecule has 202 valence electrons. The molecule has 0 unspecified atom stereocenters. The number of carbonyl (C=O) groups excluding carboxylic acids is 1. The summed E-state index contributed by atoms with van der Waals surface area (Å²) in [6.07, 6.45) is -0.304. The summed E-state index contributed by atoms with van der Waals surface area (Å²) >= 11 is 0. The molecule has 0 saturated carbocycles. The minimum atomic E-state index is -1.10. The molecule has 1 heterocycles. The van der Waals surface area contributed by atoms with Crippen LogP contribution in [-0.2, 0) is 25.6 Å². The number of hydrogen-bond donors (Lipinski definition) is 0. The van der Waals surface area contributed by atoms with E-state index in [4.69, 9.17) is 23.7 Å². The highest BCUT2D eigenvalue weighted by Crippen LogP contribution is 2.47. The first kappa shape index (κ1) is 27.6. The lowest BCUT2D eigenvalue weighted by Gasteiger charge is -2.57. The van der Waals surface area contributed by atoms with Crippen LogP contribution in [0, 0.1) is 5.92 Å². The van der Waals surface area contributed by atoms with E-state index < -0.39 is 11.7 Å². The second kappa shape index (κ2) is 12.0. The van der Waals surface area contributed by atoms with E-state index in [2.05, 4.69) is 0 Å². The van der Waals surface area contributed by atoms with E-state index in [0.717, 1.165) is 28.2 Å². The smallest absolute Gasteiger partial charge is 0.234 e. The number of likely N-dealkylation sites (tertiary alicyclic amines) is 1. The van der Waals surface area contributed by atoms with Crippen molar-refractivity contribution in [1.29, 1.82) is 0 Å². The van der Waals surface area contributed by atoms with Crippen LogP contribution >= 0.6 is 0 Å². The third kappa shape index (κ3) is 5.41. The number of nitrogens with zero attached hydrogens (tertiary/aromatic N) is 1. The summed E-state index contributed by atoms with van der Waals surface area (Å²) in [4.78, 5) is 15.9. The van der Waals surface area contributed by atoms with Gasteiger partial charge in [-0.05, 0) is 54.8 Å². The Kier molecular flexibility index (Phi) is 8.72. The zero-order valence-corrected chi connectivity index (χ0v) is 22.9. The molecule has 0 radical (unpaired) electrons. The summed E-state index contributed by atoms with van der Waals surface area (Å²) in [7, 11) is 6.40. The van der Waals surface area contributed by atoms with Gasteiger partial charge in [-0.3, -0.25) is 4.79 Å². The Bertz CT molecular complexity index is 1130. The van der Waals surface area contributed by atoms with Crippen molar-refractivity contribution in [2.75, 3.05) is 28.4 Å². The van der Waals surface area contributed by atoms with Crippen molar-refractivity contribution in [2.45, 2.75) is 44.4 Å². The number of carbonyl (C=O) groups is 1. The maximum Gasteiger partial charge on any atom is 0.234 e. The number of amides is 1. The van der Waals surface area contributed by atoms with Gasteiger partial charge in [0.1, 0.15) is 17.4 Å². The van der Waals surface area contributed by atoms with E-state index in [-0.39, 0.29) is 24.1 Å². The minimum absolute atomic E-state index is 0.0620. The molecule has 7 heteroatoms. The van der Waals surface area contributed by atoms with Crippen molar-refractivity contribution in [3.63, 3.8) is 0 Å². The average molecular weight is 520 g/mol. The lowest BCUT2D eigenvalue weighted by molar-refractivity contribution is -0.268. The fourth-order valence-corrected chi connectivity index (χ4v) is 5.19. The average Bonchev–Trinajstić information content (AvgIpc) is 2.97. The van der Waals surface area contributed by atoms with Crippen LogP contribution in [0.2, 0.25) is 0 Å². The maximum absolute atomic E-state index is 14.0. The topological polar surface area (TPSA) is 66.5 Å². The molecule has 1 aliphatic heterocycles. The van der Waals surface area contributed by atoms with Crippen molar-refractivity contribution < 1.29 is 28.5 Å². The van der Waals surface area contributed by atoms with Gasteiger partial charge in [0, 0.05) is 14.2 Å². The summed E-state index contributed by atoms with van der Waals surface area (Å²) in [5.41, 5.74) is 2.98. The summed E-state index contributed by atoms with van der Waals surface area (Å²) in [5.74, 6) is -0.224. The van der Waals surface area contributed by atoms with Gasteiger partial charge in [-0.1, -0.05) is 54.6 Å². The summed E-state index contributed by atoms with van der Waals surface area (Å²) in [5, 5.41) is 0. The highest BCUT2D eigenvalue weighted by atomic mass is 16.7. The van der Waals surface area contributed by atoms with E-state index in [1.54, 1.807) is 35.4 Å². The fourth-order valence-electron chi connectivity index (χ4n) is 5.19. The monoisotopic (exact) mass is 519 g/mol. The number of ether oxygens (including phenoxy) is 5. The molecule has 0 bridgehead atoms. The third-order valence-corrected chi connectivity index (χ3v) is 7.54. The molecule has 1 amide bonds. The lowest BCUT2D eigenvalue weighted by atomic mass is 9.75. The normalized spacial score (nSPS) is 18.3. The van der Waals surface area contributed by atoms with Crippen molar-refractivity contribution in [3.05, 3.63) is 95.6 Å². The third-order valence-electron chi connectivity index (χ3n) is 7.54. The van der Waals surface area contributed by atoms with Crippen molar-refractivity contribution in [1.82, 2.24) is 4.90 Å². The second-order valence-corrected chi connectivity index (χ2v) is 9.59. The number of methoxy groups -OCH3 is 4. The first-order valence-corrected chi connectivity index (χ1v) is 12.7. The number of β-lactam (4-membered cyclic amide) rings is 1. The van der Waals surface area contributed by atoms with Gasteiger partial charge < -0.3 is 28.6 Å². The Balaban J connectivity index is 1.75. The van der Waals surface area contributed by atoms with Crippen molar-refractivity contribution in [3.8, 4) is 11.5 Å². The quantitative estimate of drug-likeness (QED) is 0.241. The van der Waals surface area contributed by atoms with Gasteiger partial charge in [-0.15, -0.1) is 0 Å². The zero-order chi connectivity index (χ0) is 27.3. The van der Waals surface area contributed by atoms with Gasteiger partial charge in [-0.25, -0.2) is 0 Å². The van der Waals surface area contributed by atoms with Gasteiger partial charge in [-0.2, -0.15) is 0 Å². The number of hydrogen-bond acceptors (Lipinski definition) is 6. The second-order valence-electron chi connectivity index (χ2n) is 9.59. The Morgan fingerprint density at radius 2 is 1.29 bits per heavy atom. The Labute approximate surface area is 225 Å². The molecule has 3 aromatic carbocycles. The molecule has 1 saturated heterocycles. The van der Waals surface area contributed by atoms with Gasteiger partial charge in [0.05, 0.1) is 39.0 Å². The molecule has 0 aliphatic carbocycles. The van der Waals surface area contributed by atoms with Gasteiger partial charge in [0.15, 0.2) is 5.79 Å². The molecule has 1 fully saturated rings. The molecule has 7 nitrogen and oxygen atoms in total. The van der Waals surface area contributed by atoms with E-state index in [1.165, 1.54) is 0 Å². The fraction of sp³-hybridized carbons (Fsp3) is 0.387. The molecule has 4 rings (SSSR count). The molecule has 3 atom stereocenters. The molecule has 0 spiro atoms. The molecule has 3 aromatic rings. The summed E-state index contributed by atoms with van der Waals surface area (Å²) in [6, 6.07) is 24.9. The molecule has 1 aliphatic rings. The zero-order valence-electron chi connectivity index (χ0n) is 22.9. The highest BCUT2D eigenvalue weighted by molar-refractivity contribution is 5.88. The van der Waals surface area contributed by atoms with Crippen LogP contribution in [0.25, 0.3) is 0 Å². The van der Waals surface area contributed by atoms with E-state index in [1.807, 2.05) is 90.7 Å². The molecular formula is C31H37NO6. The molecule has 0 N–H and O–H groups in total.